The minimum atomic E-state index is -0.138. The number of nitrogens with one attached hydrogen (secondary N) is 1. The molecule has 0 saturated carbocycles. The molecule has 0 fully saturated rings. The first-order valence-electron chi connectivity index (χ1n) is 9.25. The van der Waals surface area contributed by atoms with Crippen LogP contribution in [0.3, 0.4) is 0 Å². The number of hydrogen-bond donors (Lipinski definition) is 1. The number of nitrogens with zero attached hydrogens (tertiary/aromatic N) is 2. The third-order valence-electron chi connectivity index (χ3n) is 4.13. The number of hydrogen-bond acceptors (Lipinski definition) is 6. The zero-order valence-electron chi connectivity index (χ0n) is 16.7. The lowest BCUT2D eigenvalue weighted by Crippen LogP contribution is -2.32. The van der Waals surface area contributed by atoms with Crippen LogP contribution in [0.25, 0.3) is 0 Å². The molecule has 2 aromatic rings. The average Bonchev–Trinajstić information content (AvgIpc) is 3.11. The predicted molar refractivity (Wildman–Crippen MR) is 104 cm³/mol. The van der Waals surface area contributed by atoms with Gasteiger partial charge in [0.15, 0.2) is 11.5 Å². The maximum atomic E-state index is 12.3. The zero-order valence-corrected chi connectivity index (χ0v) is 16.7. The van der Waals surface area contributed by atoms with Gasteiger partial charge in [-0.3, -0.25) is 15.0 Å². The molecule has 0 unspecified atom stereocenters. The highest BCUT2D eigenvalue weighted by Crippen LogP contribution is 2.28. The smallest absolute Gasteiger partial charge is 0.240 e. The molecule has 0 bridgehead atoms. The molecule has 1 N–H and O–H groups in total. The topological polar surface area (TPSA) is 76.8 Å². The largest absolute Gasteiger partial charge is 0.493 e. The molecule has 1 amide bonds. The molecule has 0 radical (unpaired) electrons. The van der Waals surface area contributed by atoms with Crippen LogP contribution in [0.15, 0.2) is 28.8 Å². The lowest BCUT2D eigenvalue weighted by atomic mass is 10.1. The molecule has 0 spiro atoms. The average molecular weight is 375 g/mol. The number of benzene rings is 1. The van der Waals surface area contributed by atoms with Crippen molar-refractivity contribution in [2.75, 3.05) is 32.1 Å². The van der Waals surface area contributed by atoms with Crippen LogP contribution in [0.2, 0.25) is 0 Å². The van der Waals surface area contributed by atoms with E-state index in [0.29, 0.717) is 24.8 Å². The van der Waals surface area contributed by atoms with Crippen LogP contribution < -0.4 is 14.8 Å². The van der Waals surface area contributed by atoms with Crippen molar-refractivity contribution in [2.24, 2.45) is 0 Å². The fraction of sp³-hybridized carbons (Fsp3) is 0.500. The summed E-state index contributed by atoms with van der Waals surface area (Å²) in [5, 5.41) is 6.71. The first kappa shape index (κ1) is 20.8. The Morgan fingerprint density at radius 3 is 2.63 bits per heavy atom. The number of methoxy groups -OCH3 is 1. The van der Waals surface area contributed by atoms with Crippen molar-refractivity contribution < 1.29 is 18.8 Å². The summed E-state index contributed by atoms with van der Waals surface area (Å²) in [6, 6.07) is 7.58. The van der Waals surface area contributed by atoms with Gasteiger partial charge in [0.2, 0.25) is 11.8 Å². The highest BCUT2D eigenvalue weighted by Gasteiger charge is 2.14. The zero-order chi connectivity index (χ0) is 19.8. The van der Waals surface area contributed by atoms with Crippen molar-refractivity contribution in [1.29, 1.82) is 0 Å². The van der Waals surface area contributed by atoms with Gasteiger partial charge in [-0.1, -0.05) is 32.0 Å². The van der Waals surface area contributed by atoms with E-state index in [0.717, 1.165) is 23.6 Å². The lowest BCUT2D eigenvalue weighted by molar-refractivity contribution is -0.117. The molecule has 0 aliphatic heterocycles. The predicted octanol–water partition coefficient (Wildman–Crippen LogP) is 3.67. The Morgan fingerprint density at radius 1 is 1.26 bits per heavy atom. The first-order chi connectivity index (χ1) is 13.0. The second-order valence-electron chi connectivity index (χ2n) is 6.54. The Hall–Kier alpha value is -2.54. The van der Waals surface area contributed by atoms with Crippen LogP contribution in [-0.4, -0.2) is 42.8 Å². The number of aromatic nitrogens is 1. The molecule has 1 aromatic carbocycles. The molecule has 1 aromatic heterocycles. The van der Waals surface area contributed by atoms with Gasteiger partial charge in [0.25, 0.3) is 0 Å². The summed E-state index contributed by atoms with van der Waals surface area (Å²) in [5.41, 5.74) is 1.87. The maximum Gasteiger partial charge on any atom is 0.240 e. The number of amides is 1. The molecule has 2 rings (SSSR count). The van der Waals surface area contributed by atoms with E-state index in [-0.39, 0.29) is 18.4 Å². The summed E-state index contributed by atoms with van der Waals surface area (Å²) in [5.74, 6) is 1.90. The number of ether oxygens (including phenoxy) is 2. The quantitative estimate of drug-likeness (QED) is 0.683. The van der Waals surface area contributed by atoms with Crippen molar-refractivity contribution in [1.82, 2.24) is 10.1 Å². The third-order valence-corrected chi connectivity index (χ3v) is 4.13. The third kappa shape index (κ3) is 5.99. The highest BCUT2D eigenvalue weighted by molar-refractivity contribution is 5.90. The van der Waals surface area contributed by atoms with E-state index in [9.17, 15) is 4.79 Å². The molecule has 148 valence electrons. The Kier molecular flexibility index (Phi) is 7.67. The molecular formula is C20H29N3O4. The SMILES string of the molecule is CCOc1ccc(CN(CC)CC(=O)Nc2cc(C(C)C)no2)cc1OC. The molecule has 7 nitrogen and oxygen atoms in total. The van der Waals surface area contributed by atoms with E-state index in [4.69, 9.17) is 14.0 Å². The van der Waals surface area contributed by atoms with Gasteiger partial charge in [-0.2, -0.15) is 0 Å². The fourth-order valence-electron chi connectivity index (χ4n) is 2.62. The molecule has 1 heterocycles. The van der Waals surface area contributed by atoms with E-state index < -0.39 is 0 Å². The van der Waals surface area contributed by atoms with Crippen molar-refractivity contribution in [3.63, 3.8) is 0 Å². The number of rotatable bonds is 10. The first-order valence-corrected chi connectivity index (χ1v) is 9.25. The van der Waals surface area contributed by atoms with Gasteiger partial charge in [-0.05, 0) is 37.1 Å². The van der Waals surface area contributed by atoms with Crippen LogP contribution in [0, 0.1) is 0 Å². The minimum absolute atomic E-state index is 0.138. The normalized spacial score (nSPS) is 11.1. The second-order valence-corrected chi connectivity index (χ2v) is 6.54. The molecule has 27 heavy (non-hydrogen) atoms. The Balaban J connectivity index is 1.96. The van der Waals surface area contributed by atoms with Gasteiger partial charge >= 0.3 is 0 Å². The highest BCUT2D eigenvalue weighted by atomic mass is 16.5. The lowest BCUT2D eigenvalue weighted by Gasteiger charge is -2.20. The van der Waals surface area contributed by atoms with E-state index in [1.54, 1.807) is 13.2 Å². The molecule has 0 saturated heterocycles. The van der Waals surface area contributed by atoms with Crippen molar-refractivity contribution in [3.8, 4) is 11.5 Å². The Bertz CT molecular complexity index is 743. The van der Waals surface area contributed by atoms with Crippen LogP contribution in [0.4, 0.5) is 5.88 Å². The summed E-state index contributed by atoms with van der Waals surface area (Å²) in [6.45, 7) is 10.2. The van der Waals surface area contributed by atoms with Crippen LogP contribution in [-0.2, 0) is 11.3 Å². The summed E-state index contributed by atoms with van der Waals surface area (Å²) < 4.78 is 16.1. The minimum Gasteiger partial charge on any atom is -0.493 e. The second kappa shape index (κ2) is 9.97. The standard InChI is InChI=1S/C20H29N3O4/c1-6-23(12-15-8-9-17(26-7-2)18(10-15)25-5)13-19(24)21-20-11-16(14(3)4)22-27-20/h8-11,14H,6-7,12-13H2,1-5H3,(H,21,24). The van der Waals surface area contributed by atoms with E-state index in [1.165, 1.54) is 0 Å². The van der Waals surface area contributed by atoms with Crippen LogP contribution in [0.1, 0.15) is 44.9 Å². The monoisotopic (exact) mass is 375 g/mol. The van der Waals surface area contributed by atoms with E-state index >= 15 is 0 Å². The van der Waals surface area contributed by atoms with Gasteiger partial charge in [0.1, 0.15) is 0 Å². The van der Waals surface area contributed by atoms with Crippen molar-refractivity contribution in [2.45, 2.75) is 40.2 Å². The van der Waals surface area contributed by atoms with Gasteiger partial charge in [0, 0.05) is 12.6 Å². The molecular weight excluding hydrogens is 346 g/mol. The molecule has 0 aliphatic rings. The van der Waals surface area contributed by atoms with E-state index in [2.05, 4.69) is 10.5 Å². The van der Waals surface area contributed by atoms with Crippen molar-refractivity contribution in [3.05, 3.63) is 35.5 Å². The Labute approximate surface area is 160 Å². The summed E-state index contributed by atoms with van der Waals surface area (Å²) in [6.07, 6.45) is 0. The Morgan fingerprint density at radius 2 is 2.04 bits per heavy atom. The molecule has 7 heteroatoms. The maximum absolute atomic E-state index is 12.3. The summed E-state index contributed by atoms with van der Waals surface area (Å²) in [4.78, 5) is 14.4. The molecule has 0 atom stereocenters. The van der Waals surface area contributed by atoms with Crippen LogP contribution in [0.5, 0.6) is 11.5 Å². The number of carbonyl (C=O) groups excluding carboxylic acids is 1. The number of anilines is 1. The number of likely N-dealkylation sites (N-methyl/N-ethyl adjacent to an activating group) is 1. The van der Waals surface area contributed by atoms with E-state index in [1.807, 2.05) is 50.8 Å². The summed E-state index contributed by atoms with van der Waals surface area (Å²) >= 11 is 0. The van der Waals surface area contributed by atoms with Gasteiger partial charge in [-0.15, -0.1) is 0 Å². The number of carbonyl (C=O) groups is 1. The molecule has 0 aliphatic carbocycles. The van der Waals surface area contributed by atoms with Gasteiger partial charge < -0.3 is 14.0 Å². The van der Waals surface area contributed by atoms with Crippen LogP contribution >= 0.6 is 0 Å². The van der Waals surface area contributed by atoms with Gasteiger partial charge in [-0.25, -0.2) is 0 Å². The fourth-order valence-corrected chi connectivity index (χ4v) is 2.62. The summed E-state index contributed by atoms with van der Waals surface area (Å²) in [7, 11) is 1.62. The van der Waals surface area contributed by atoms with Crippen molar-refractivity contribution >= 4 is 11.8 Å². The van der Waals surface area contributed by atoms with Gasteiger partial charge in [0.05, 0.1) is 26.0 Å².